The fraction of sp³-hybridized carbons (Fsp3) is 0.381. The fourth-order valence-corrected chi connectivity index (χ4v) is 3.00. The van der Waals surface area contributed by atoms with Crippen molar-refractivity contribution < 1.29 is 14.3 Å². The Morgan fingerprint density at radius 3 is 2.66 bits per heavy atom. The van der Waals surface area contributed by atoms with Gasteiger partial charge in [-0.2, -0.15) is 15.0 Å². The quantitative estimate of drug-likeness (QED) is 0.312. The lowest BCUT2D eigenvalue weighted by Crippen LogP contribution is -2.31. The molecule has 3 rings (SSSR count). The van der Waals surface area contributed by atoms with E-state index >= 15 is 0 Å². The molecular formula is C21H27FN8O2. The Morgan fingerprint density at radius 2 is 1.97 bits per heavy atom. The van der Waals surface area contributed by atoms with Crippen LogP contribution >= 0.6 is 0 Å². The van der Waals surface area contributed by atoms with E-state index < -0.39 is 17.8 Å². The van der Waals surface area contributed by atoms with Crippen LogP contribution in [0.15, 0.2) is 43.0 Å². The van der Waals surface area contributed by atoms with Crippen molar-refractivity contribution in [3.63, 3.8) is 0 Å². The molecule has 170 valence electrons. The number of halogens is 1. The molecule has 0 saturated carbocycles. The summed E-state index contributed by atoms with van der Waals surface area (Å²) in [4.78, 5) is 28.6. The van der Waals surface area contributed by atoms with E-state index in [-0.39, 0.29) is 23.8 Å². The Balaban J connectivity index is 1.75. The van der Waals surface area contributed by atoms with Crippen LogP contribution in [-0.4, -0.2) is 48.2 Å². The number of rotatable bonds is 12. The topological polar surface area (TPSA) is 130 Å². The van der Waals surface area contributed by atoms with E-state index in [1.807, 2.05) is 24.6 Å². The van der Waals surface area contributed by atoms with Gasteiger partial charge in [0.2, 0.25) is 17.8 Å². The van der Waals surface area contributed by atoms with Gasteiger partial charge in [-0.05, 0) is 37.0 Å². The van der Waals surface area contributed by atoms with Crippen molar-refractivity contribution in [3.05, 3.63) is 48.8 Å². The number of imidazole rings is 1. The summed E-state index contributed by atoms with van der Waals surface area (Å²) in [7, 11) is 0. The van der Waals surface area contributed by atoms with Gasteiger partial charge in [-0.25, -0.2) is 14.2 Å². The number of aliphatic carboxylic acids is 1. The fourth-order valence-electron chi connectivity index (χ4n) is 3.00. The van der Waals surface area contributed by atoms with Crippen LogP contribution < -0.4 is 16.0 Å². The second-order valence-electron chi connectivity index (χ2n) is 7.69. The molecule has 1 aromatic carbocycles. The second-order valence-corrected chi connectivity index (χ2v) is 7.69. The standard InChI is InChI=1S/C21H27FN8O2/c1-14(2)11-17(18(31)32)26-21-28-19(24-7-4-9-30-10-8-23-13-30)27-20(29-21)25-16-6-3-5-15(22)12-16/h3,5-6,8,10,12-14,17H,4,7,9,11H2,1-2H3,(H,31,32)(H3,24,25,26,27,28,29)/t17-/m1/s1. The van der Waals surface area contributed by atoms with Gasteiger partial charge >= 0.3 is 5.97 Å². The maximum atomic E-state index is 13.5. The smallest absolute Gasteiger partial charge is 0.326 e. The van der Waals surface area contributed by atoms with Crippen LogP contribution in [0.2, 0.25) is 0 Å². The number of anilines is 4. The highest BCUT2D eigenvalue weighted by Gasteiger charge is 2.20. The minimum atomic E-state index is -0.992. The van der Waals surface area contributed by atoms with Crippen molar-refractivity contribution in [2.24, 2.45) is 5.92 Å². The number of nitrogens with zero attached hydrogens (tertiary/aromatic N) is 5. The molecule has 32 heavy (non-hydrogen) atoms. The van der Waals surface area contributed by atoms with E-state index in [9.17, 15) is 14.3 Å². The molecule has 0 unspecified atom stereocenters. The maximum absolute atomic E-state index is 13.5. The first-order valence-corrected chi connectivity index (χ1v) is 10.4. The number of hydrogen-bond acceptors (Lipinski definition) is 8. The zero-order valence-corrected chi connectivity index (χ0v) is 18.0. The van der Waals surface area contributed by atoms with Gasteiger partial charge in [0.15, 0.2) is 0 Å². The Hall–Kier alpha value is -3.76. The average molecular weight is 442 g/mol. The normalized spacial score (nSPS) is 11.9. The minimum absolute atomic E-state index is 0.115. The van der Waals surface area contributed by atoms with Gasteiger partial charge in [-0.3, -0.25) is 0 Å². The van der Waals surface area contributed by atoms with Crippen LogP contribution in [0.4, 0.5) is 27.9 Å². The van der Waals surface area contributed by atoms with Crippen LogP contribution in [0.25, 0.3) is 0 Å². The molecule has 0 aliphatic carbocycles. The van der Waals surface area contributed by atoms with E-state index in [1.165, 1.54) is 12.1 Å². The monoisotopic (exact) mass is 442 g/mol. The molecule has 2 heterocycles. The van der Waals surface area contributed by atoms with E-state index in [4.69, 9.17) is 0 Å². The van der Waals surface area contributed by atoms with Crippen molar-refractivity contribution >= 4 is 29.5 Å². The Morgan fingerprint density at radius 1 is 1.19 bits per heavy atom. The van der Waals surface area contributed by atoms with Gasteiger partial charge in [0, 0.05) is 31.2 Å². The highest BCUT2D eigenvalue weighted by atomic mass is 19.1. The lowest BCUT2D eigenvalue weighted by Gasteiger charge is -2.17. The van der Waals surface area contributed by atoms with Crippen LogP contribution in [0.3, 0.4) is 0 Å². The Labute approximate surface area is 185 Å². The molecule has 10 nitrogen and oxygen atoms in total. The summed E-state index contributed by atoms with van der Waals surface area (Å²) in [6, 6.07) is 5.04. The second kappa shape index (κ2) is 11.0. The highest BCUT2D eigenvalue weighted by Crippen LogP contribution is 2.18. The Bertz CT molecular complexity index is 1010. The van der Waals surface area contributed by atoms with Crippen LogP contribution in [-0.2, 0) is 11.3 Å². The van der Waals surface area contributed by atoms with Crippen LogP contribution in [0.1, 0.15) is 26.7 Å². The molecule has 0 amide bonds. The molecular weight excluding hydrogens is 415 g/mol. The molecule has 3 aromatic rings. The summed E-state index contributed by atoms with van der Waals surface area (Å²) in [5, 5.41) is 18.5. The lowest BCUT2D eigenvalue weighted by atomic mass is 10.0. The molecule has 2 aromatic heterocycles. The number of carbonyl (C=O) groups is 1. The predicted octanol–water partition coefficient (Wildman–Crippen LogP) is 3.36. The van der Waals surface area contributed by atoms with Gasteiger partial charge in [-0.1, -0.05) is 19.9 Å². The van der Waals surface area contributed by atoms with Gasteiger partial charge in [-0.15, -0.1) is 0 Å². The zero-order chi connectivity index (χ0) is 22.9. The molecule has 0 spiro atoms. The molecule has 1 atom stereocenters. The van der Waals surface area contributed by atoms with Gasteiger partial charge in [0.05, 0.1) is 6.33 Å². The third-order valence-corrected chi connectivity index (χ3v) is 4.46. The third kappa shape index (κ3) is 7.18. The highest BCUT2D eigenvalue weighted by molar-refractivity contribution is 5.76. The largest absolute Gasteiger partial charge is 0.480 e. The van der Waals surface area contributed by atoms with Crippen molar-refractivity contribution in [1.29, 1.82) is 0 Å². The summed E-state index contributed by atoms with van der Waals surface area (Å²) < 4.78 is 15.5. The molecule has 0 radical (unpaired) electrons. The molecule has 4 N–H and O–H groups in total. The number of benzene rings is 1. The molecule has 0 fully saturated rings. The Kier molecular flexibility index (Phi) is 7.90. The molecule has 0 saturated heterocycles. The minimum Gasteiger partial charge on any atom is -0.480 e. The van der Waals surface area contributed by atoms with E-state index in [2.05, 4.69) is 35.9 Å². The van der Waals surface area contributed by atoms with Crippen molar-refractivity contribution in [2.45, 2.75) is 39.3 Å². The van der Waals surface area contributed by atoms with E-state index in [0.717, 1.165) is 13.0 Å². The summed E-state index contributed by atoms with van der Waals surface area (Å²) >= 11 is 0. The van der Waals surface area contributed by atoms with Gasteiger partial charge in [0.25, 0.3) is 0 Å². The molecule has 0 aliphatic rings. The van der Waals surface area contributed by atoms with Crippen LogP contribution in [0, 0.1) is 11.7 Å². The number of aromatic nitrogens is 5. The van der Waals surface area contributed by atoms with Crippen LogP contribution in [0.5, 0.6) is 0 Å². The maximum Gasteiger partial charge on any atom is 0.326 e. The summed E-state index contributed by atoms with van der Waals surface area (Å²) in [5.74, 6) is -0.670. The number of aryl methyl sites for hydroxylation is 1. The van der Waals surface area contributed by atoms with Crippen molar-refractivity contribution in [1.82, 2.24) is 24.5 Å². The molecule has 0 bridgehead atoms. The molecule has 0 aliphatic heterocycles. The number of nitrogens with one attached hydrogen (secondary N) is 3. The first kappa shape index (κ1) is 22.9. The first-order chi connectivity index (χ1) is 15.4. The summed E-state index contributed by atoms with van der Waals surface area (Å²) in [6.07, 6.45) is 6.54. The lowest BCUT2D eigenvalue weighted by molar-refractivity contribution is -0.138. The van der Waals surface area contributed by atoms with Crippen molar-refractivity contribution in [2.75, 3.05) is 22.5 Å². The summed E-state index contributed by atoms with van der Waals surface area (Å²) in [5.41, 5.74) is 0.463. The predicted molar refractivity (Wildman–Crippen MR) is 119 cm³/mol. The average Bonchev–Trinajstić information content (AvgIpc) is 3.24. The van der Waals surface area contributed by atoms with Gasteiger partial charge in [0.1, 0.15) is 11.9 Å². The number of carboxylic acids is 1. The van der Waals surface area contributed by atoms with E-state index in [1.54, 1.807) is 24.7 Å². The third-order valence-electron chi connectivity index (χ3n) is 4.46. The summed E-state index contributed by atoms with van der Waals surface area (Å²) in [6.45, 7) is 5.23. The SMILES string of the molecule is CC(C)C[C@@H](Nc1nc(NCCCn2ccnc2)nc(Nc2cccc(F)c2)n1)C(=O)O. The van der Waals surface area contributed by atoms with Crippen molar-refractivity contribution in [3.8, 4) is 0 Å². The zero-order valence-electron chi connectivity index (χ0n) is 18.0. The number of carboxylic acid groups (broad SMARTS) is 1. The molecule has 11 heteroatoms. The number of hydrogen-bond donors (Lipinski definition) is 4. The van der Waals surface area contributed by atoms with E-state index in [0.29, 0.717) is 18.7 Å². The van der Waals surface area contributed by atoms with Gasteiger partial charge < -0.3 is 25.6 Å². The first-order valence-electron chi connectivity index (χ1n) is 10.4.